The summed E-state index contributed by atoms with van der Waals surface area (Å²) in [5.41, 5.74) is 0.597. The van der Waals surface area contributed by atoms with E-state index >= 15 is 0 Å². The monoisotopic (exact) mass is 426 g/mol. The first-order chi connectivity index (χ1) is 14.6. The molecular formula is C21H22N4O4S. The molecule has 0 spiro atoms. The molecule has 3 heterocycles. The number of carbonyl (C=O) groups excluding carboxylic acids is 2. The number of nitrogens with zero attached hydrogens (tertiary/aromatic N) is 3. The first-order valence-electron chi connectivity index (χ1n) is 9.46. The van der Waals surface area contributed by atoms with Crippen LogP contribution in [0.5, 0.6) is 11.5 Å². The minimum Gasteiger partial charge on any atom is -0.497 e. The summed E-state index contributed by atoms with van der Waals surface area (Å²) in [6.07, 6.45) is 1.78. The molecule has 30 heavy (non-hydrogen) atoms. The van der Waals surface area contributed by atoms with Crippen molar-refractivity contribution in [3.63, 3.8) is 0 Å². The molecule has 0 bridgehead atoms. The standard InChI is InChI=1S/C21H22N4O4S/c1-28-15-5-6-18(29-2)17(11-15)24-12-14(10-20(24)26)21(27)23-19-7-8-22-25(19)13-16-4-3-9-30-16/h3-9,11,14H,10,12-13H2,1-2H3,(H,23,27)/t14-/m1/s1. The highest BCUT2D eigenvalue weighted by Crippen LogP contribution is 2.36. The SMILES string of the molecule is COc1ccc(OC)c(N2C[C@H](C(=O)Nc3ccnn3Cc3cccs3)CC2=O)c1. The second kappa shape index (κ2) is 8.58. The Morgan fingerprint density at radius 2 is 2.13 bits per heavy atom. The van der Waals surface area contributed by atoms with Gasteiger partial charge in [0.05, 0.1) is 38.6 Å². The molecule has 8 nitrogen and oxygen atoms in total. The Morgan fingerprint density at radius 3 is 2.87 bits per heavy atom. The lowest BCUT2D eigenvalue weighted by molar-refractivity contribution is -0.122. The molecule has 1 saturated heterocycles. The van der Waals surface area contributed by atoms with E-state index in [2.05, 4.69) is 10.4 Å². The lowest BCUT2D eigenvalue weighted by atomic mass is 10.1. The summed E-state index contributed by atoms with van der Waals surface area (Å²) in [5.74, 6) is 0.967. The van der Waals surface area contributed by atoms with Crippen LogP contribution >= 0.6 is 11.3 Å². The maximum absolute atomic E-state index is 12.9. The maximum Gasteiger partial charge on any atom is 0.230 e. The quantitative estimate of drug-likeness (QED) is 0.628. The molecule has 0 saturated carbocycles. The van der Waals surface area contributed by atoms with E-state index in [0.717, 1.165) is 4.88 Å². The van der Waals surface area contributed by atoms with Gasteiger partial charge in [-0.05, 0) is 23.6 Å². The lowest BCUT2D eigenvalue weighted by Crippen LogP contribution is -2.29. The van der Waals surface area contributed by atoms with Gasteiger partial charge in [-0.1, -0.05) is 6.07 Å². The minimum absolute atomic E-state index is 0.130. The number of amides is 2. The van der Waals surface area contributed by atoms with Crippen molar-refractivity contribution in [2.45, 2.75) is 13.0 Å². The van der Waals surface area contributed by atoms with Crippen LogP contribution in [0.1, 0.15) is 11.3 Å². The number of carbonyl (C=O) groups is 2. The number of hydrogen-bond acceptors (Lipinski definition) is 6. The van der Waals surface area contributed by atoms with E-state index in [4.69, 9.17) is 9.47 Å². The van der Waals surface area contributed by atoms with Gasteiger partial charge in [-0.2, -0.15) is 5.10 Å². The molecule has 4 rings (SSSR count). The molecule has 0 unspecified atom stereocenters. The number of methoxy groups -OCH3 is 2. The molecule has 1 fully saturated rings. The van der Waals surface area contributed by atoms with Crippen molar-refractivity contribution in [2.75, 3.05) is 31.0 Å². The van der Waals surface area contributed by atoms with Crippen molar-refractivity contribution in [3.8, 4) is 11.5 Å². The van der Waals surface area contributed by atoms with E-state index in [1.807, 2.05) is 17.5 Å². The molecule has 2 aromatic heterocycles. The van der Waals surface area contributed by atoms with Crippen LogP contribution in [-0.2, 0) is 16.1 Å². The number of hydrogen-bond donors (Lipinski definition) is 1. The normalized spacial score (nSPS) is 16.0. The number of rotatable bonds is 7. The number of ether oxygens (including phenoxy) is 2. The zero-order valence-electron chi connectivity index (χ0n) is 16.7. The van der Waals surface area contributed by atoms with Crippen LogP contribution in [0.3, 0.4) is 0 Å². The van der Waals surface area contributed by atoms with Gasteiger partial charge in [0.15, 0.2) is 0 Å². The molecule has 9 heteroatoms. The first kappa shape index (κ1) is 20.0. The van der Waals surface area contributed by atoms with Crippen LogP contribution in [0.15, 0.2) is 48.0 Å². The van der Waals surface area contributed by atoms with Gasteiger partial charge < -0.3 is 19.7 Å². The van der Waals surface area contributed by atoms with E-state index in [0.29, 0.717) is 29.5 Å². The Hall–Kier alpha value is -3.33. The number of nitrogens with one attached hydrogen (secondary N) is 1. The van der Waals surface area contributed by atoms with E-state index < -0.39 is 5.92 Å². The lowest BCUT2D eigenvalue weighted by Gasteiger charge is -2.20. The van der Waals surface area contributed by atoms with Gasteiger partial charge in [0.2, 0.25) is 11.8 Å². The largest absolute Gasteiger partial charge is 0.497 e. The predicted octanol–water partition coefficient (Wildman–Crippen LogP) is 3.00. The summed E-state index contributed by atoms with van der Waals surface area (Å²) in [7, 11) is 3.11. The van der Waals surface area contributed by atoms with Gasteiger partial charge >= 0.3 is 0 Å². The Balaban J connectivity index is 1.47. The molecule has 156 valence electrons. The Kier molecular flexibility index (Phi) is 5.71. The van der Waals surface area contributed by atoms with Crippen molar-refractivity contribution in [3.05, 3.63) is 52.9 Å². The summed E-state index contributed by atoms with van der Waals surface area (Å²) < 4.78 is 12.4. The van der Waals surface area contributed by atoms with E-state index in [-0.39, 0.29) is 24.8 Å². The molecule has 1 atom stereocenters. The summed E-state index contributed by atoms with van der Waals surface area (Å²) in [5, 5.41) is 9.21. The second-order valence-electron chi connectivity index (χ2n) is 6.89. The average molecular weight is 426 g/mol. The van der Waals surface area contributed by atoms with Crippen LogP contribution < -0.4 is 19.7 Å². The van der Waals surface area contributed by atoms with Crippen LogP contribution in [0.2, 0.25) is 0 Å². The Morgan fingerprint density at radius 1 is 1.27 bits per heavy atom. The van der Waals surface area contributed by atoms with Gasteiger partial charge in [0, 0.05) is 30.0 Å². The molecule has 1 aliphatic rings. The number of aromatic nitrogens is 2. The summed E-state index contributed by atoms with van der Waals surface area (Å²) in [4.78, 5) is 28.3. The van der Waals surface area contributed by atoms with E-state index in [9.17, 15) is 9.59 Å². The molecule has 3 aromatic rings. The Labute approximate surface area is 178 Å². The fourth-order valence-electron chi connectivity index (χ4n) is 3.47. The third-order valence-corrected chi connectivity index (χ3v) is 5.89. The third kappa shape index (κ3) is 4.02. The van der Waals surface area contributed by atoms with Crippen LogP contribution in [-0.4, -0.2) is 42.4 Å². The van der Waals surface area contributed by atoms with Gasteiger partial charge in [-0.3, -0.25) is 9.59 Å². The van der Waals surface area contributed by atoms with Crippen LogP contribution in [0.4, 0.5) is 11.5 Å². The van der Waals surface area contributed by atoms with Crippen molar-refractivity contribution >= 4 is 34.7 Å². The summed E-state index contributed by atoms with van der Waals surface area (Å²) >= 11 is 1.63. The summed E-state index contributed by atoms with van der Waals surface area (Å²) in [6, 6.07) is 11.0. The number of thiophene rings is 1. The zero-order chi connectivity index (χ0) is 21.1. The first-order valence-corrected chi connectivity index (χ1v) is 10.3. The molecule has 2 amide bonds. The zero-order valence-corrected chi connectivity index (χ0v) is 17.5. The molecule has 1 aliphatic heterocycles. The van der Waals surface area contributed by atoms with Gasteiger partial charge in [-0.15, -0.1) is 11.3 Å². The number of benzene rings is 1. The highest BCUT2D eigenvalue weighted by Gasteiger charge is 2.36. The van der Waals surface area contributed by atoms with Crippen molar-refractivity contribution in [1.82, 2.24) is 9.78 Å². The van der Waals surface area contributed by atoms with Crippen LogP contribution in [0.25, 0.3) is 0 Å². The van der Waals surface area contributed by atoms with Crippen molar-refractivity contribution in [1.29, 1.82) is 0 Å². The smallest absolute Gasteiger partial charge is 0.230 e. The molecule has 0 aliphatic carbocycles. The van der Waals surface area contributed by atoms with Crippen molar-refractivity contribution in [2.24, 2.45) is 5.92 Å². The van der Waals surface area contributed by atoms with Crippen LogP contribution in [0, 0.1) is 5.92 Å². The average Bonchev–Trinajstić information content (AvgIpc) is 3.50. The fraction of sp³-hybridized carbons (Fsp3) is 0.286. The van der Waals surface area contributed by atoms with Gasteiger partial charge in [0.25, 0.3) is 0 Å². The van der Waals surface area contributed by atoms with Gasteiger partial charge in [0.1, 0.15) is 17.3 Å². The fourth-order valence-corrected chi connectivity index (χ4v) is 4.15. The highest BCUT2D eigenvalue weighted by molar-refractivity contribution is 7.09. The molecule has 0 radical (unpaired) electrons. The van der Waals surface area contributed by atoms with E-state index in [1.54, 1.807) is 65.6 Å². The topological polar surface area (TPSA) is 85.7 Å². The molecule has 1 aromatic carbocycles. The van der Waals surface area contributed by atoms with E-state index in [1.165, 1.54) is 0 Å². The second-order valence-corrected chi connectivity index (χ2v) is 7.92. The highest BCUT2D eigenvalue weighted by atomic mass is 32.1. The third-order valence-electron chi connectivity index (χ3n) is 5.03. The minimum atomic E-state index is -0.474. The molecular weight excluding hydrogens is 404 g/mol. The predicted molar refractivity (Wildman–Crippen MR) is 114 cm³/mol. The van der Waals surface area contributed by atoms with Gasteiger partial charge in [-0.25, -0.2) is 4.68 Å². The van der Waals surface area contributed by atoms with Crippen molar-refractivity contribution < 1.29 is 19.1 Å². The summed E-state index contributed by atoms with van der Waals surface area (Å²) in [6.45, 7) is 0.851. The maximum atomic E-state index is 12.9. The molecule has 1 N–H and O–H groups in total. The number of anilines is 2. The Bertz CT molecular complexity index is 1050.